The number of piperidine rings is 1. The smallest absolute Gasteiger partial charge is 0.228 e. The van der Waals surface area contributed by atoms with Gasteiger partial charge in [-0.3, -0.25) is 14.4 Å². The van der Waals surface area contributed by atoms with Crippen LogP contribution in [0.1, 0.15) is 30.0 Å². The molecular weight excluding hydrogens is 334 g/mol. The third kappa shape index (κ3) is 3.48. The van der Waals surface area contributed by atoms with Gasteiger partial charge in [-0.2, -0.15) is 5.10 Å². The maximum Gasteiger partial charge on any atom is 0.228 e. The van der Waals surface area contributed by atoms with Crippen molar-refractivity contribution >= 4 is 17.2 Å². The van der Waals surface area contributed by atoms with Crippen LogP contribution in [0.5, 0.6) is 0 Å². The Hall–Kier alpha value is -1.73. The predicted molar refractivity (Wildman–Crippen MR) is 97.1 cm³/mol. The molecule has 1 spiro atoms. The van der Waals surface area contributed by atoms with E-state index in [0.29, 0.717) is 17.9 Å². The number of likely N-dealkylation sites (tertiary alicyclic amines) is 1. The summed E-state index contributed by atoms with van der Waals surface area (Å²) in [6.45, 7) is 2.70. The zero-order valence-corrected chi connectivity index (χ0v) is 15.7. The van der Waals surface area contributed by atoms with E-state index in [-0.39, 0.29) is 5.91 Å². The average molecular weight is 359 g/mol. The Bertz CT molecular complexity index is 732. The summed E-state index contributed by atoms with van der Waals surface area (Å²) in [5.41, 5.74) is 1.29. The maximum atomic E-state index is 12.5. The lowest BCUT2D eigenvalue weighted by Crippen LogP contribution is -2.42. The van der Waals surface area contributed by atoms with Crippen LogP contribution in [0.4, 0.5) is 0 Å². The molecule has 3 heterocycles. The second-order valence-electron chi connectivity index (χ2n) is 7.46. The van der Waals surface area contributed by atoms with Crippen molar-refractivity contribution in [2.45, 2.75) is 38.3 Å². The molecule has 7 heteroatoms. The second-order valence-corrected chi connectivity index (χ2v) is 8.44. The second kappa shape index (κ2) is 6.53. The van der Waals surface area contributed by atoms with E-state index < -0.39 is 0 Å². The fourth-order valence-corrected chi connectivity index (χ4v) is 4.85. The van der Waals surface area contributed by atoms with Crippen molar-refractivity contribution in [3.63, 3.8) is 0 Å². The molecule has 25 heavy (non-hydrogen) atoms. The highest BCUT2D eigenvalue weighted by Crippen LogP contribution is 2.56. The Morgan fingerprint density at radius 3 is 2.88 bits per heavy atom. The zero-order chi connectivity index (χ0) is 17.4. The first-order valence-electron chi connectivity index (χ1n) is 8.91. The van der Waals surface area contributed by atoms with Crippen molar-refractivity contribution in [2.75, 3.05) is 20.1 Å². The first kappa shape index (κ1) is 16.7. The Morgan fingerprint density at radius 2 is 2.24 bits per heavy atom. The van der Waals surface area contributed by atoms with Gasteiger partial charge in [-0.1, -0.05) is 0 Å². The fourth-order valence-electron chi connectivity index (χ4n) is 4.17. The number of carbonyl (C=O) groups is 1. The molecule has 1 saturated carbocycles. The van der Waals surface area contributed by atoms with Crippen LogP contribution >= 0.6 is 11.3 Å². The summed E-state index contributed by atoms with van der Waals surface area (Å²) in [7, 11) is 4.09. The van der Waals surface area contributed by atoms with Gasteiger partial charge in [0.25, 0.3) is 0 Å². The van der Waals surface area contributed by atoms with Gasteiger partial charge in [0, 0.05) is 44.0 Å². The molecule has 0 N–H and O–H groups in total. The first-order valence-corrected chi connectivity index (χ1v) is 9.79. The van der Waals surface area contributed by atoms with Gasteiger partial charge < -0.3 is 4.90 Å². The molecule has 1 aliphatic carbocycles. The van der Waals surface area contributed by atoms with Crippen molar-refractivity contribution in [1.82, 2.24) is 24.6 Å². The summed E-state index contributed by atoms with van der Waals surface area (Å²) in [4.78, 5) is 21.4. The molecule has 0 radical (unpaired) electrons. The van der Waals surface area contributed by atoms with Crippen LogP contribution in [0.2, 0.25) is 0 Å². The molecule has 1 amide bonds. The van der Waals surface area contributed by atoms with Crippen molar-refractivity contribution in [3.8, 4) is 0 Å². The summed E-state index contributed by atoms with van der Waals surface area (Å²) in [6, 6.07) is 2.57. The minimum absolute atomic E-state index is 0.210. The van der Waals surface area contributed by atoms with Gasteiger partial charge >= 0.3 is 0 Å². The fraction of sp³-hybridized carbons (Fsp3) is 0.611. The number of hydrogen-bond donors (Lipinski definition) is 0. The highest BCUT2D eigenvalue weighted by Gasteiger charge is 2.56. The Morgan fingerprint density at radius 1 is 1.44 bits per heavy atom. The maximum absolute atomic E-state index is 12.5. The molecule has 2 aliphatic rings. The van der Waals surface area contributed by atoms with E-state index in [4.69, 9.17) is 0 Å². The molecule has 0 aromatic carbocycles. The Balaban J connectivity index is 1.28. The largest absolute Gasteiger partial charge is 0.342 e. The minimum Gasteiger partial charge on any atom is -0.342 e. The highest BCUT2D eigenvalue weighted by molar-refractivity contribution is 7.09. The molecule has 1 aliphatic heterocycles. The number of thiazole rings is 1. The number of nitrogens with zero attached hydrogens (tertiary/aromatic N) is 5. The summed E-state index contributed by atoms with van der Waals surface area (Å²) in [5.74, 6) is 0.210. The molecule has 134 valence electrons. The van der Waals surface area contributed by atoms with E-state index in [2.05, 4.69) is 22.0 Å². The third-order valence-electron chi connectivity index (χ3n) is 5.76. The highest BCUT2D eigenvalue weighted by atomic mass is 32.1. The number of amides is 1. The lowest BCUT2D eigenvalue weighted by molar-refractivity contribution is -0.132. The van der Waals surface area contributed by atoms with Gasteiger partial charge in [-0.05, 0) is 37.8 Å². The molecule has 2 aromatic rings. The lowest BCUT2D eigenvalue weighted by atomic mass is 9.92. The van der Waals surface area contributed by atoms with Gasteiger partial charge in [0.05, 0.1) is 18.7 Å². The van der Waals surface area contributed by atoms with Crippen LogP contribution < -0.4 is 0 Å². The predicted octanol–water partition coefficient (Wildman–Crippen LogP) is 1.93. The average Bonchev–Trinajstić information content (AvgIpc) is 2.92. The van der Waals surface area contributed by atoms with Crippen LogP contribution in [0, 0.1) is 5.41 Å². The molecule has 6 nitrogen and oxygen atoms in total. The number of carbonyl (C=O) groups excluding carboxylic acids is 1. The third-order valence-corrected chi connectivity index (χ3v) is 6.52. The standard InChI is InChI=1S/C18H25N5OS/c1-21(13-16-19-6-10-25-16)15-12-18(15)4-8-23(9-5-18)17(24)11-14-3-7-22(2)20-14/h3,6-7,10,15H,4-5,8-9,11-13H2,1-2H3/t15-/m0/s1. The summed E-state index contributed by atoms with van der Waals surface area (Å²) >= 11 is 1.73. The van der Waals surface area contributed by atoms with Crippen molar-refractivity contribution in [3.05, 3.63) is 34.5 Å². The SMILES string of the molecule is CN(Cc1nccs1)[C@H]1CC12CCN(C(=O)Cc1ccn(C)n1)CC2. The number of rotatable bonds is 5. The Kier molecular flexibility index (Phi) is 4.37. The topological polar surface area (TPSA) is 54.3 Å². The molecule has 1 atom stereocenters. The summed E-state index contributed by atoms with van der Waals surface area (Å²) in [6.07, 6.45) is 7.68. The molecule has 2 fully saturated rings. The first-order chi connectivity index (χ1) is 12.1. The van der Waals surface area contributed by atoms with Gasteiger partial charge in [-0.15, -0.1) is 11.3 Å². The number of aromatic nitrogens is 3. The normalized spacial score (nSPS) is 21.9. The van der Waals surface area contributed by atoms with E-state index >= 15 is 0 Å². The van der Waals surface area contributed by atoms with E-state index in [0.717, 1.165) is 38.2 Å². The number of aryl methyl sites for hydroxylation is 1. The van der Waals surface area contributed by atoms with Gasteiger partial charge in [0.15, 0.2) is 0 Å². The van der Waals surface area contributed by atoms with Gasteiger partial charge in [0.1, 0.15) is 5.01 Å². The van der Waals surface area contributed by atoms with Crippen molar-refractivity contribution in [1.29, 1.82) is 0 Å². The van der Waals surface area contributed by atoms with Crippen molar-refractivity contribution in [2.24, 2.45) is 12.5 Å². The minimum atomic E-state index is 0.210. The van der Waals surface area contributed by atoms with Crippen LogP contribution in [0.25, 0.3) is 0 Å². The monoisotopic (exact) mass is 359 g/mol. The van der Waals surface area contributed by atoms with Crippen LogP contribution in [0.15, 0.2) is 23.8 Å². The van der Waals surface area contributed by atoms with Crippen LogP contribution in [-0.4, -0.2) is 56.7 Å². The summed E-state index contributed by atoms with van der Waals surface area (Å²) in [5, 5.41) is 7.54. The summed E-state index contributed by atoms with van der Waals surface area (Å²) < 4.78 is 1.75. The molecule has 4 rings (SSSR count). The quantitative estimate of drug-likeness (QED) is 0.819. The molecule has 2 aromatic heterocycles. The lowest BCUT2D eigenvalue weighted by Gasteiger charge is -2.34. The molecule has 0 unspecified atom stereocenters. The Labute approximate surface area is 152 Å². The van der Waals surface area contributed by atoms with Crippen molar-refractivity contribution < 1.29 is 4.79 Å². The van der Waals surface area contributed by atoms with E-state index in [1.54, 1.807) is 16.0 Å². The molecule has 1 saturated heterocycles. The van der Waals surface area contributed by atoms with Crippen LogP contribution in [-0.2, 0) is 24.8 Å². The molecule has 0 bridgehead atoms. The molecular formula is C18H25N5OS. The van der Waals surface area contributed by atoms with E-state index in [9.17, 15) is 4.79 Å². The van der Waals surface area contributed by atoms with E-state index in [1.807, 2.05) is 35.8 Å². The van der Waals surface area contributed by atoms with Gasteiger partial charge in [-0.25, -0.2) is 4.98 Å². The zero-order valence-electron chi connectivity index (χ0n) is 14.9. The van der Waals surface area contributed by atoms with Crippen LogP contribution in [0.3, 0.4) is 0 Å². The van der Waals surface area contributed by atoms with Gasteiger partial charge in [0.2, 0.25) is 5.91 Å². The number of hydrogen-bond acceptors (Lipinski definition) is 5. The van der Waals surface area contributed by atoms with E-state index in [1.165, 1.54) is 11.4 Å².